The van der Waals surface area contributed by atoms with Crippen LogP contribution in [0.2, 0.25) is 0 Å². The molecule has 0 atom stereocenters. The lowest BCUT2D eigenvalue weighted by Gasteiger charge is -1.89. The van der Waals surface area contributed by atoms with E-state index >= 15 is 0 Å². The quantitative estimate of drug-likeness (QED) is 0.406. The van der Waals surface area contributed by atoms with Crippen molar-refractivity contribution in [3.05, 3.63) is 30.1 Å². The molecule has 1 heterocycles. The zero-order valence-corrected chi connectivity index (χ0v) is 5.99. The van der Waals surface area contributed by atoms with Crippen LogP contribution in [-0.2, 0) is 6.54 Å². The van der Waals surface area contributed by atoms with Gasteiger partial charge in [-0.3, -0.25) is 4.98 Å². The van der Waals surface area contributed by atoms with E-state index in [0.717, 1.165) is 5.69 Å². The first-order chi connectivity index (χ1) is 5.35. The molecule has 1 aromatic rings. The standard InChI is InChI=1S/C6H8N2.H2N3/c7-5-6-3-1-2-4-8-6;1-3-2/h1-4H,5,7H2;1-2H/q;+1. The van der Waals surface area contributed by atoms with Crippen LogP contribution in [0.4, 0.5) is 0 Å². The Kier molecular flexibility index (Phi) is 5.60. The number of nitrogens with two attached hydrogens (primary N) is 1. The Morgan fingerprint density at radius 2 is 2.09 bits per heavy atom. The van der Waals surface area contributed by atoms with Gasteiger partial charge in [-0.1, -0.05) is 6.07 Å². The summed E-state index contributed by atoms with van der Waals surface area (Å²) in [5.74, 6) is 0. The van der Waals surface area contributed by atoms with Crippen molar-refractivity contribution in [1.82, 2.24) is 9.90 Å². The lowest BCUT2D eigenvalue weighted by molar-refractivity contribution is 0.928. The summed E-state index contributed by atoms with van der Waals surface area (Å²) in [6, 6.07) is 5.70. The Morgan fingerprint density at radius 1 is 1.45 bits per heavy atom. The Bertz CT molecular complexity index is 214. The van der Waals surface area contributed by atoms with Crippen LogP contribution in [0.15, 0.2) is 24.4 Å². The van der Waals surface area contributed by atoms with Gasteiger partial charge in [0.25, 0.3) is 0 Å². The molecule has 0 radical (unpaired) electrons. The Labute approximate surface area is 64.3 Å². The molecule has 5 nitrogen and oxygen atoms in total. The number of rotatable bonds is 1. The summed E-state index contributed by atoms with van der Waals surface area (Å²) in [6.07, 6.45) is 1.74. The van der Waals surface area contributed by atoms with Gasteiger partial charge in [-0.2, -0.15) is 0 Å². The van der Waals surface area contributed by atoms with Crippen LogP contribution in [0.1, 0.15) is 5.69 Å². The van der Waals surface area contributed by atoms with Crippen LogP contribution in [0.25, 0.3) is 0 Å². The molecule has 1 rings (SSSR count). The van der Waals surface area contributed by atoms with E-state index in [9.17, 15) is 0 Å². The van der Waals surface area contributed by atoms with Gasteiger partial charge in [-0.15, -0.1) is 0 Å². The normalized spacial score (nSPS) is 7.36. The van der Waals surface area contributed by atoms with Gasteiger partial charge in [0.2, 0.25) is 4.91 Å². The van der Waals surface area contributed by atoms with Crippen LogP contribution in [-0.4, -0.2) is 4.98 Å². The zero-order valence-electron chi connectivity index (χ0n) is 5.99. The van der Waals surface area contributed by atoms with Crippen molar-refractivity contribution >= 4 is 0 Å². The molecular weight excluding hydrogens is 142 g/mol. The highest BCUT2D eigenvalue weighted by molar-refractivity contribution is 5.02. The second kappa shape index (κ2) is 6.54. The third kappa shape index (κ3) is 4.90. The first-order valence-electron chi connectivity index (χ1n) is 2.98. The molecule has 0 bridgehead atoms. The Hall–Kier alpha value is -1.58. The molecule has 0 saturated heterocycles. The summed E-state index contributed by atoms with van der Waals surface area (Å²) < 4.78 is 0. The van der Waals surface area contributed by atoms with Crippen LogP contribution in [0.3, 0.4) is 0 Å². The van der Waals surface area contributed by atoms with Crippen LogP contribution in [0.5, 0.6) is 0 Å². The second-order valence-corrected chi connectivity index (χ2v) is 1.64. The van der Waals surface area contributed by atoms with E-state index in [2.05, 4.69) is 4.98 Å². The molecule has 4 N–H and O–H groups in total. The molecule has 0 aliphatic carbocycles. The number of hydrogen-bond acceptors (Lipinski definition) is 4. The number of hydrogen-bond donors (Lipinski definition) is 3. The summed E-state index contributed by atoms with van der Waals surface area (Å²) >= 11 is 0. The van der Waals surface area contributed by atoms with Gasteiger partial charge in [0, 0.05) is 12.7 Å². The average molecular weight is 152 g/mol. The summed E-state index contributed by atoms with van der Waals surface area (Å²) in [5, 5.41) is 0. The van der Waals surface area contributed by atoms with E-state index in [1.807, 2.05) is 23.1 Å². The fourth-order valence-electron chi connectivity index (χ4n) is 0.519. The van der Waals surface area contributed by atoms with Gasteiger partial charge in [0.05, 0.1) is 5.69 Å². The molecule has 5 heteroatoms. The predicted octanol–water partition coefficient (Wildman–Crippen LogP) is 0.656. The zero-order chi connectivity index (χ0) is 8.53. The molecule has 58 valence electrons. The molecular formula is C6H10N5+. The minimum absolute atomic E-state index is 0.529. The van der Waals surface area contributed by atoms with Gasteiger partial charge in [-0.25, -0.2) is 0 Å². The maximum absolute atomic E-state index is 5.50. The number of pyridine rings is 1. The van der Waals surface area contributed by atoms with Gasteiger partial charge < -0.3 is 5.73 Å². The smallest absolute Gasteiger partial charge is 0.211 e. The highest BCUT2D eigenvalue weighted by Crippen LogP contribution is 1.88. The van der Waals surface area contributed by atoms with Gasteiger partial charge in [-0.05, 0) is 12.1 Å². The Morgan fingerprint density at radius 3 is 2.36 bits per heavy atom. The molecule has 0 aromatic carbocycles. The van der Waals surface area contributed by atoms with Crippen molar-refractivity contribution in [1.29, 1.82) is 11.1 Å². The maximum Gasteiger partial charge on any atom is 0.211 e. The largest absolute Gasteiger partial charge is 0.325 e. The monoisotopic (exact) mass is 152 g/mol. The third-order valence-electron chi connectivity index (χ3n) is 0.935. The van der Waals surface area contributed by atoms with Crippen molar-refractivity contribution in [3.63, 3.8) is 0 Å². The van der Waals surface area contributed by atoms with Crippen molar-refractivity contribution in [3.8, 4) is 0 Å². The molecule has 0 saturated carbocycles. The minimum Gasteiger partial charge on any atom is -0.325 e. The van der Waals surface area contributed by atoms with E-state index in [1.54, 1.807) is 6.20 Å². The molecule has 0 spiro atoms. The fourth-order valence-corrected chi connectivity index (χ4v) is 0.519. The van der Waals surface area contributed by atoms with Crippen molar-refractivity contribution in [2.45, 2.75) is 6.54 Å². The minimum atomic E-state index is 0.529. The SMILES string of the molecule is N=[N+]=N.NCc1ccccn1. The average Bonchev–Trinajstić information content (AvgIpc) is 2.08. The van der Waals surface area contributed by atoms with E-state index in [-0.39, 0.29) is 0 Å². The summed E-state index contributed by atoms with van der Waals surface area (Å²) in [6.45, 7) is 0.529. The van der Waals surface area contributed by atoms with E-state index in [0.29, 0.717) is 6.54 Å². The first-order valence-corrected chi connectivity index (χ1v) is 2.98. The number of nitrogens with one attached hydrogen (secondary N) is 2. The lowest BCUT2D eigenvalue weighted by atomic mass is 10.4. The summed E-state index contributed by atoms with van der Waals surface area (Å²) in [7, 11) is 0. The fraction of sp³-hybridized carbons (Fsp3) is 0.167. The second-order valence-electron chi connectivity index (χ2n) is 1.64. The van der Waals surface area contributed by atoms with Gasteiger partial charge in [0.15, 0.2) is 0 Å². The molecule has 0 unspecified atom stereocenters. The highest BCUT2D eigenvalue weighted by Gasteiger charge is 1.81. The van der Waals surface area contributed by atoms with Crippen molar-refractivity contribution in [2.75, 3.05) is 0 Å². The molecule has 0 fully saturated rings. The van der Waals surface area contributed by atoms with Gasteiger partial charge in [0.1, 0.15) is 11.1 Å². The molecule has 0 amide bonds. The Balaban J connectivity index is 0.000000292. The molecule has 0 aliphatic heterocycles. The van der Waals surface area contributed by atoms with Crippen LogP contribution < -0.4 is 10.6 Å². The topological polar surface area (TPSA) is 101 Å². The van der Waals surface area contributed by atoms with E-state index in [1.165, 1.54) is 0 Å². The van der Waals surface area contributed by atoms with E-state index < -0.39 is 0 Å². The summed E-state index contributed by atoms with van der Waals surface area (Å²) in [4.78, 5) is 5.97. The molecule has 11 heavy (non-hydrogen) atoms. The van der Waals surface area contributed by atoms with E-state index in [4.69, 9.17) is 16.8 Å². The third-order valence-corrected chi connectivity index (χ3v) is 0.935. The van der Waals surface area contributed by atoms with Crippen LogP contribution in [0, 0.1) is 11.1 Å². The molecule has 0 aliphatic rings. The number of nitrogens with zero attached hydrogens (tertiary/aromatic N) is 2. The first kappa shape index (κ1) is 9.42. The van der Waals surface area contributed by atoms with Crippen molar-refractivity contribution in [2.24, 2.45) is 5.73 Å². The van der Waals surface area contributed by atoms with Crippen LogP contribution >= 0.6 is 0 Å². The molecule has 1 aromatic heterocycles. The summed E-state index contributed by atoms with van der Waals surface area (Å²) in [5.41, 5.74) is 17.2. The van der Waals surface area contributed by atoms with Crippen molar-refractivity contribution < 1.29 is 0 Å². The highest BCUT2D eigenvalue weighted by atomic mass is 15.0. The predicted molar refractivity (Wildman–Crippen MR) is 39.7 cm³/mol. The maximum atomic E-state index is 5.50. The lowest BCUT2D eigenvalue weighted by Crippen LogP contribution is -1.97. The van der Waals surface area contributed by atoms with Gasteiger partial charge >= 0.3 is 0 Å². The number of aromatic nitrogens is 1.